The lowest BCUT2D eigenvalue weighted by Crippen LogP contribution is -2.03. The zero-order valence-corrected chi connectivity index (χ0v) is 13.6. The van der Waals surface area contributed by atoms with Gasteiger partial charge < -0.3 is 5.32 Å². The summed E-state index contributed by atoms with van der Waals surface area (Å²) in [7, 11) is 0. The molecule has 2 heterocycles. The summed E-state index contributed by atoms with van der Waals surface area (Å²) in [5.74, 6) is 0.459. The van der Waals surface area contributed by atoms with Gasteiger partial charge in [0.05, 0.1) is 17.3 Å². The number of rotatable bonds is 4. The maximum atomic E-state index is 13.0. The molecule has 0 spiro atoms. The largest absolute Gasteiger partial charge is 0.365 e. The maximum absolute atomic E-state index is 13.0. The summed E-state index contributed by atoms with van der Waals surface area (Å²) in [4.78, 5) is 8.69. The Morgan fingerprint density at radius 3 is 2.72 bits per heavy atom. The molecule has 0 radical (unpaired) electrons. The first-order valence-electron chi connectivity index (χ1n) is 7.95. The molecule has 0 bridgehead atoms. The molecule has 25 heavy (non-hydrogen) atoms. The van der Waals surface area contributed by atoms with Gasteiger partial charge in [0.2, 0.25) is 0 Å². The monoisotopic (exact) mass is 333 g/mol. The van der Waals surface area contributed by atoms with Gasteiger partial charge in [0.25, 0.3) is 0 Å². The molecule has 0 saturated heterocycles. The molecule has 0 saturated carbocycles. The highest BCUT2D eigenvalue weighted by Crippen LogP contribution is 2.22. The number of hydrogen-bond acceptors (Lipinski definition) is 4. The molecule has 124 valence electrons. The highest BCUT2D eigenvalue weighted by molar-refractivity contribution is 5.87. The third kappa shape index (κ3) is 3.06. The standard InChI is InChI=1S/C19H16FN5/c1-13-3-2-4-16(9-13)25-19-17(11-24-25)18(22-12-23-19)21-10-14-5-7-15(20)8-6-14/h2-9,11-12H,10H2,1H3,(H,21,22,23). The van der Waals surface area contributed by atoms with Crippen molar-refractivity contribution in [1.29, 1.82) is 0 Å². The zero-order chi connectivity index (χ0) is 17.2. The minimum absolute atomic E-state index is 0.243. The Balaban J connectivity index is 1.66. The summed E-state index contributed by atoms with van der Waals surface area (Å²) in [6.45, 7) is 2.59. The van der Waals surface area contributed by atoms with Crippen molar-refractivity contribution >= 4 is 16.9 Å². The molecule has 0 amide bonds. The van der Waals surface area contributed by atoms with Crippen LogP contribution in [-0.4, -0.2) is 19.7 Å². The number of aryl methyl sites for hydroxylation is 1. The number of fused-ring (bicyclic) bond motifs is 1. The number of anilines is 1. The van der Waals surface area contributed by atoms with E-state index in [1.54, 1.807) is 23.0 Å². The van der Waals surface area contributed by atoms with E-state index in [0.29, 0.717) is 12.4 Å². The van der Waals surface area contributed by atoms with Gasteiger partial charge in [0.1, 0.15) is 18.0 Å². The van der Waals surface area contributed by atoms with Crippen LogP contribution >= 0.6 is 0 Å². The molecule has 0 fully saturated rings. The minimum atomic E-state index is -0.243. The average Bonchev–Trinajstić information content (AvgIpc) is 3.06. The first kappa shape index (κ1) is 15.3. The molecule has 0 aliphatic heterocycles. The number of hydrogen-bond donors (Lipinski definition) is 1. The lowest BCUT2D eigenvalue weighted by atomic mass is 10.2. The van der Waals surface area contributed by atoms with Crippen LogP contribution in [-0.2, 0) is 6.54 Å². The number of nitrogens with zero attached hydrogens (tertiary/aromatic N) is 4. The summed E-state index contributed by atoms with van der Waals surface area (Å²) in [5, 5.41) is 8.57. The van der Waals surface area contributed by atoms with Gasteiger partial charge in [0, 0.05) is 6.54 Å². The average molecular weight is 333 g/mol. The Morgan fingerprint density at radius 2 is 1.92 bits per heavy atom. The van der Waals surface area contributed by atoms with Gasteiger partial charge in [-0.15, -0.1) is 0 Å². The van der Waals surface area contributed by atoms with Crippen LogP contribution in [0.15, 0.2) is 61.1 Å². The van der Waals surface area contributed by atoms with Crippen molar-refractivity contribution in [3.05, 3.63) is 78.0 Å². The molecule has 5 nitrogen and oxygen atoms in total. The zero-order valence-electron chi connectivity index (χ0n) is 13.6. The third-order valence-electron chi connectivity index (χ3n) is 3.99. The number of aromatic nitrogens is 4. The second kappa shape index (κ2) is 6.32. The van der Waals surface area contributed by atoms with Gasteiger partial charge in [-0.05, 0) is 42.3 Å². The van der Waals surface area contributed by atoms with Crippen LogP contribution in [0.4, 0.5) is 10.2 Å². The van der Waals surface area contributed by atoms with Crippen molar-refractivity contribution in [2.45, 2.75) is 13.5 Å². The van der Waals surface area contributed by atoms with Gasteiger partial charge in [0.15, 0.2) is 5.65 Å². The second-order valence-electron chi connectivity index (χ2n) is 5.83. The molecule has 4 rings (SSSR count). The molecule has 2 aromatic carbocycles. The van der Waals surface area contributed by atoms with Crippen molar-refractivity contribution in [2.24, 2.45) is 0 Å². The summed E-state index contributed by atoms with van der Waals surface area (Å²) < 4.78 is 14.8. The summed E-state index contributed by atoms with van der Waals surface area (Å²) >= 11 is 0. The van der Waals surface area contributed by atoms with E-state index >= 15 is 0 Å². The third-order valence-corrected chi connectivity index (χ3v) is 3.99. The van der Waals surface area contributed by atoms with E-state index in [0.717, 1.165) is 27.8 Å². The fourth-order valence-electron chi connectivity index (χ4n) is 2.72. The van der Waals surface area contributed by atoms with E-state index in [1.165, 1.54) is 18.5 Å². The molecular weight excluding hydrogens is 317 g/mol. The van der Waals surface area contributed by atoms with E-state index < -0.39 is 0 Å². The summed E-state index contributed by atoms with van der Waals surface area (Å²) in [6.07, 6.45) is 3.27. The predicted octanol–water partition coefficient (Wildman–Crippen LogP) is 3.88. The lowest BCUT2D eigenvalue weighted by molar-refractivity contribution is 0.627. The van der Waals surface area contributed by atoms with E-state index in [4.69, 9.17) is 0 Å². The highest BCUT2D eigenvalue weighted by atomic mass is 19.1. The number of halogens is 1. The van der Waals surface area contributed by atoms with Crippen LogP contribution in [0.25, 0.3) is 16.7 Å². The normalized spacial score (nSPS) is 11.0. The van der Waals surface area contributed by atoms with Crippen molar-refractivity contribution in [3.8, 4) is 5.69 Å². The van der Waals surface area contributed by atoms with Crippen molar-refractivity contribution in [2.75, 3.05) is 5.32 Å². The second-order valence-corrected chi connectivity index (χ2v) is 5.83. The van der Waals surface area contributed by atoms with Gasteiger partial charge in [-0.2, -0.15) is 5.10 Å². The fraction of sp³-hybridized carbons (Fsp3) is 0.105. The smallest absolute Gasteiger partial charge is 0.168 e. The Morgan fingerprint density at radius 1 is 1.08 bits per heavy atom. The molecule has 0 aliphatic rings. The Kier molecular flexibility index (Phi) is 3.85. The Labute approximate surface area is 144 Å². The fourth-order valence-corrected chi connectivity index (χ4v) is 2.72. The van der Waals surface area contributed by atoms with Gasteiger partial charge in [-0.3, -0.25) is 0 Å². The molecule has 2 aromatic heterocycles. The maximum Gasteiger partial charge on any atom is 0.168 e. The van der Waals surface area contributed by atoms with Crippen LogP contribution in [0.5, 0.6) is 0 Å². The van der Waals surface area contributed by atoms with Crippen LogP contribution in [0.1, 0.15) is 11.1 Å². The lowest BCUT2D eigenvalue weighted by Gasteiger charge is -2.07. The van der Waals surface area contributed by atoms with Crippen molar-refractivity contribution in [1.82, 2.24) is 19.7 Å². The van der Waals surface area contributed by atoms with Crippen LogP contribution in [0, 0.1) is 12.7 Å². The first-order valence-corrected chi connectivity index (χ1v) is 7.95. The van der Waals surface area contributed by atoms with Crippen LogP contribution in [0.2, 0.25) is 0 Å². The van der Waals surface area contributed by atoms with Gasteiger partial charge >= 0.3 is 0 Å². The van der Waals surface area contributed by atoms with Crippen molar-refractivity contribution in [3.63, 3.8) is 0 Å². The van der Waals surface area contributed by atoms with Gasteiger partial charge in [-0.25, -0.2) is 19.0 Å². The SMILES string of the molecule is Cc1cccc(-n2ncc3c(NCc4ccc(F)cc4)ncnc32)c1. The minimum Gasteiger partial charge on any atom is -0.365 e. The molecule has 4 aromatic rings. The van der Waals surface area contributed by atoms with E-state index in [9.17, 15) is 4.39 Å². The predicted molar refractivity (Wildman–Crippen MR) is 95.1 cm³/mol. The van der Waals surface area contributed by atoms with Crippen LogP contribution in [0.3, 0.4) is 0 Å². The van der Waals surface area contributed by atoms with Crippen LogP contribution < -0.4 is 5.32 Å². The summed E-state index contributed by atoms with van der Waals surface area (Å²) in [5.41, 5.74) is 3.82. The molecule has 0 atom stereocenters. The molecule has 1 N–H and O–H groups in total. The Hall–Kier alpha value is -3.28. The number of nitrogens with one attached hydrogen (secondary N) is 1. The first-order chi connectivity index (χ1) is 12.2. The Bertz CT molecular complexity index is 1020. The van der Waals surface area contributed by atoms with E-state index in [-0.39, 0.29) is 5.82 Å². The molecule has 0 unspecified atom stereocenters. The van der Waals surface area contributed by atoms with Gasteiger partial charge in [-0.1, -0.05) is 24.3 Å². The van der Waals surface area contributed by atoms with E-state index in [2.05, 4.69) is 26.4 Å². The number of benzene rings is 2. The molecular formula is C19H16FN5. The van der Waals surface area contributed by atoms with Crippen molar-refractivity contribution < 1.29 is 4.39 Å². The molecule has 6 heteroatoms. The molecule has 0 aliphatic carbocycles. The topological polar surface area (TPSA) is 55.6 Å². The summed E-state index contributed by atoms with van der Waals surface area (Å²) in [6, 6.07) is 14.5. The van der Waals surface area contributed by atoms with E-state index in [1.807, 2.05) is 25.1 Å². The quantitative estimate of drug-likeness (QED) is 0.616. The highest BCUT2D eigenvalue weighted by Gasteiger charge is 2.11.